The van der Waals surface area contributed by atoms with Gasteiger partial charge in [-0.05, 0) is 31.9 Å². The van der Waals surface area contributed by atoms with Crippen LogP contribution in [0.15, 0.2) is 24.4 Å². The normalized spacial score (nSPS) is 20.1. The van der Waals surface area contributed by atoms with Crippen LogP contribution >= 0.6 is 0 Å². The maximum Gasteiger partial charge on any atom is 0.310 e. The lowest BCUT2D eigenvalue weighted by Gasteiger charge is -2.32. The summed E-state index contributed by atoms with van der Waals surface area (Å²) in [6, 6.07) is 5.85. The van der Waals surface area contributed by atoms with Gasteiger partial charge in [0, 0.05) is 19.3 Å². The molecule has 1 aromatic rings. The highest BCUT2D eigenvalue weighted by molar-refractivity contribution is 5.73. The zero-order valence-electron chi connectivity index (χ0n) is 10.1. The van der Waals surface area contributed by atoms with Crippen molar-refractivity contribution in [3.05, 3.63) is 24.4 Å². The SMILES string of the molecule is CCOC(=O)[C@H]1CCCN(c2ccccn2)C1. The van der Waals surface area contributed by atoms with E-state index in [1.807, 2.05) is 25.1 Å². The van der Waals surface area contributed by atoms with Gasteiger partial charge in [-0.3, -0.25) is 4.79 Å². The number of hydrogen-bond donors (Lipinski definition) is 0. The summed E-state index contributed by atoms with van der Waals surface area (Å²) in [5.74, 6) is 0.861. The summed E-state index contributed by atoms with van der Waals surface area (Å²) in [5.41, 5.74) is 0. The van der Waals surface area contributed by atoms with Crippen molar-refractivity contribution >= 4 is 11.8 Å². The number of nitrogens with zero attached hydrogens (tertiary/aromatic N) is 2. The Morgan fingerprint density at radius 3 is 3.18 bits per heavy atom. The molecule has 0 aromatic carbocycles. The lowest BCUT2D eigenvalue weighted by molar-refractivity contribution is -0.148. The predicted octanol–water partition coefficient (Wildman–Crippen LogP) is 1.86. The third-order valence-corrected chi connectivity index (χ3v) is 3.01. The highest BCUT2D eigenvalue weighted by Gasteiger charge is 2.27. The molecule has 1 saturated heterocycles. The van der Waals surface area contributed by atoms with Gasteiger partial charge in [-0.15, -0.1) is 0 Å². The lowest BCUT2D eigenvalue weighted by Crippen LogP contribution is -2.39. The molecular formula is C13H18N2O2. The molecule has 1 aliphatic heterocycles. The summed E-state index contributed by atoms with van der Waals surface area (Å²) in [4.78, 5) is 18.2. The monoisotopic (exact) mass is 234 g/mol. The van der Waals surface area contributed by atoms with Crippen molar-refractivity contribution in [1.29, 1.82) is 0 Å². The molecule has 0 aliphatic carbocycles. The molecule has 17 heavy (non-hydrogen) atoms. The zero-order valence-corrected chi connectivity index (χ0v) is 10.1. The molecule has 1 atom stereocenters. The molecule has 0 radical (unpaired) electrons. The number of hydrogen-bond acceptors (Lipinski definition) is 4. The van der Waals surface area contributed by atoms with Gasteiger partial charge in [0.2, 0.25) is 0 Å². The molecule has 1 aromatic heterocycles. The van der Waals surface area contributed by atoms with Crippen molar-refractivity contribution in [3.8, 4) is 0 Å². The number of rotatable bonds is 3. The van der Waals surface area contributed by atoms with Crippen LogP contribution in [0.3, 0.4) is 0 Å². The molecule has 2 heterocycles. The van der Waals surface area contributed by atoms with Crippen LogP contribution in [0.5, 0.6) is 0 Å². The van der Waals surface area contributed by atoms with Crippen molar-refractivity contribution in [3.63, 3.8) is 0 Å². The first-order chi connectivity index (χ1) is 8.31. The maximum absolute atomic E-state index is 11.7. The van der Waals surface area contributed by atoms with E-state index in [9.17, 15) is 4.79 Å². The highest BCUT2D eigenvalue weighted by Crippen LogP contribution is 2.22. The number of piperidine rings is 1. The smallest absolute Gasteiger partial charge is 0.310 e. The summed E-state index contributed by atoms with van der Waals surface area (Å²) in [6.07, 6.45) is 3.71. The number of ether oxygens (including phenoxy) is 1. The molecular weight excluding hydrogens is 216 g/mol. The molecule has 0 unspecified atom stereocenters. The van der Waals surface area contributed by atoms with Crippen molar-refractivity contribution in [1.82, 2.24) is 4.98 Å². The van der Waals surface area contributed by atoms with Crippen molar-refractivity contribution in [2.75, 3.05) is 24.6 Å². The largest absolute Gasteiger partial charge is 0.466 e. The van der Waals surface area contributed by atoms with E-state index in [4.69, 9.17) is 4.74 Å². The molecule has 0 bridgehead atoms. The minimum Gasteiger partial charge on any atom is -0.466 e. The first-order valence-electron chi connectivity index (χ1n) is 6.14. The van der Waals surface area contributed by atoms with Gasteiger partial charge in [0.25, 0.3) is 0 Å². The molecule has 0 amide bonds. The van der Waals surface area contributed by atoms with Gasteiger partial charge >= 0.3 is 5.97 Å². The van der Waals surface area contributed by atoms with Crippen LogP contribution in [0, 0.1) is 5.92 Å². The average molecular weight is 234 g/mol. The Labute approximate surface area is 102 Å². The van der Waals surface area contributed by atoms with Crippen LogP contribution < -0.4 is 4.90 Å². The van der Waals surface area contributed by atoms with Crippen LogP contribution in [0.2, 0.25) is 0 Å². The lowest BCUT2D eigenvalue weighted by atomic mass is 9.98. The Morgan fingerprint density at radius 1 is 1.59 bits per heavy atom. The second-order valence-corrected chi connectivity index (χ2v) is 4.23. The van der Waals surface area contributed by atoms with E-state index in [2.05, 4.69) is 9.88 Å². The Hall–Kier alpha value is -1.58. The van der Waals surface area contributed by atoms with E-state index in [0.29, 0.717) is 6.61 Å². The molecule has 1 fully saturated rings. The number of esters is 1. The molecule has 92 valence electrons. The average Bonchev–Trinajstić information content (AvgIpc) is 2.40. The molecule has 0 N–H and O–H groups in total. The number of anilines is 1. The van der Waals surface area contributed by atoms with Crippen LogP contribution in [-0.4, -0.2) is 30.6 Å². The van der Waals surface area contributed by atoms with E-state index < -0.39 is 0 Å². The van der Waals surface area contributed by atoms with E-state index >= 15 is 0 Å². The van der Waals surface area contributed by atoms with Gasteiger partial charge < -0.3 is 9.64 Å². The third-order valence-electron chi connectivity index (χ3n) is 3.01. The molecule has 0 spiro atoms. The van der Waals surface area contributed by atoms with Crippen LogP contribution in [-0.2, 0) is 9.53 Å². The summed E-state index contributed by atoms with van der Waals surface area (Å²) >= 11 is 0. The van der Waals surface area contributed by atoms with Gasteiger partial charge in [0.1, 0.15) is 5.82 Å². The number of aromatic nitrogens is 1. The van der Waals surface area contributed by atoms with E-state index in [-0.39, 0.29) is 11.9 Å². The van der Waals surface area contributed by atoms with Gasteiger partial charge in [-0.2, -0.15) is 0 Å². The minimum atomic E-state index is -0.0758. The fourth-order valence-corrected chi connectivity index (χ4v) is 2.18. The van der Waals surface area contributed by atoms with Crippen molar-refractivity contribution in [2.45, 2.75) is 19.8 Å². The van der Waals surface area contributed by atoms with Gasteiger partial charge in [-0.25, -0.2) is 4.98 Å². The maximum atomic E-state index is 11.7. The van der Waals surface area contributed by atoms with Crippen molar-refractivity contribution < 1.29 is 9.53 Å². The summed E-state index contributed by atoms with van der Waals surface area (Å²) in [7, 11) is 0. The van der Waals surface area contributed by atoms with Crippen molar-refractivity contribution in [2.24, 2.45) is 5.92 Å². The fraction of sp³-hybridized carbons (Fsp3) is 0.538. The Bertz CT molecular complexity index is 367. The van der Waals surface area contributed by atoms with E-state index in [1.165, 1.54) is 0 Å². The number of carbonyl (C=O) groups is 1. The van der Waals surface area contributed by atoms with Gasteiger partial charge in [0.15, 0.2) is 0 Å². The summed E-state index contributed by atoms with van der Waals surface area (Å²) < 4.78 is 5.08. The molecule has 4 nitrogen and oxygen atoms in total. The Kier molecular flexibility index (Phi) is 3.96. The first kappa shape index (κ1) is 11.9. The Morgan fingerprint density at radius 2 is 2.47 bits per heavy atom. The second-order valence-electron chi connectivity index (χ2n) is 4.23. The van der Waals surface area contributed by atoms with Crippen LogP contribution in [0.4, 0.5) is 5.82 Å². The Balaban J connectivity index is 2.00. The summed E-state index contributed by atoms with van der Waals surface area (Å²) in [6.45, 7) is 3.99. The number of pyridine rings is 1. The van der Waals surface area contributed by atoms with Crippen LogP contribution in [0.25, 0.3) is 0 Å². The molecule has 1 aliphatic rings. The second kappa shape index (κ2) is 5.66. The highest BCUT2D eigenvalue weighted by atomic mass is 16.5. The molecule has 0 saturated carbocycles. The zero-order chi connectivity index (χ0) is 12.1. The third kappa shape index (κ3) is 2.96. The van der Waals surface area contributed by atoms with Gasteiger partial charge in [0.05, 0.1) is 12.5 Å². The van der Waals surface area contributed by atoms with Crippen LogP contribution in [0.1, 0.15) is 19.8 Å². The minimum absolute atomic E-state index is 0.00861. The summed E-state index contributed by atoms with van der Waals surface area (Å²) in [5, 5.41) is 0. The fourth-order valence-electron chi connectivity index (χ4n) is 2.18. The van der Waals surface area contributed by atoms with E-state index in [1.54, 1.807) is 6.20 Å². The molecule has 4 heteroatoms. The van der Waals surface area contributed by atoms with E-state index in [0.717, 1.165) is 31.7 Å². The van der Waals surface area contributed by atoms with Gasteiger partial charge in [-0.1, -0.05) is 6.07 Å². The standard InChI is InChI=1S/C13H18N2O2/c1-2-17-13(16)11-6-5-9-15(10-11)12-7-3-4-8-14-12/h3-4,7-8,11H,2,5-6,9-10H2,1H3/t11-/m0/s1. The number of carbonyl (C=O) groups excluding carboxylic acids is 1. The molecule has 2 rings (SSSR count). The predicted molar refractivity (Wildman–Crippen MR) is 65.8 cm³/mol. The first-order valence-corrected chi connectivity index (χ1v) is 6.14. The topological polar surface area (TPSA) is 42.4 Å². The quantitative estimate of drug-likeness (QED) is 0.749.